The van der Waals surface area contributed by atoms with E-state index in [1.165, 1.54) is 11.1 Å². The minimum Gasteiger partial charge on any atom is -0.350 e. The molecule has 0 aromatic heterocycles. The second-order valence-electron chi connectivity index (χ2n) is 5.62. The highest BCUT2D eigenvalue weighted by Crippen LogP contribution is 2.22. The highest BCUT2D eigenvalue weighted by Gasteiger charge is 2.20. The number of carbonyl (C=O) groups excluding carboxylic acids is 1. The molecule has 1 aliphatic heterocycles. The molecule has 0 spiro atoms. The molecule has 2 aromatic rings. The summed E-state index contributed by atoms with van der Waals surface area (Å²) in [7, 11) is 0. The topological polar surface area (TPSA) is 41.1 Å². The van der Waals surface area contributed by atoms with Crippen molar-refractivity contribution in [2.24, 2.45) is 0 Å². The van der Waals surface area contributed by atoms with Crippen LogP contribution >= 0.6 is 15.9 Å². The van der Waals surface area contributed by atoms with Gasteiger partial charge in [-0.15, -0.1) is 0 Å². The molecular weight excluding hydrogens is 340 g/mol. The molecule has 114 valence electrons. The third kappa shape index (κ3) is 3.23. The van der Waals surface area contributed by atoms with Crippen LogP contribution in [0.25, 0.3) is 0 Å². The Kier molecular flexibility index (Phi) is 4.60. The molecule has 1 amide bonds. The van der Waals surface area contributed by atoms with Gasteiger partial charge in [0.1, 0.15) is 0 Å². The molecule has 1 atom stereocenters. The van der Waals surface area contributed by atoms with E-state index in [9.17, 15) is 4.79 Å². The number of halogens is 1. The minimum absolute atomic E-state index is 0.0187. The van der Waals surface area contributed by atoms with Gasteiger partial charge in [0.05, 0.1) is 0 Å². The van der Waals surface area contributed by atoms with Crippen molar-refractivity contribution in [2.75, 3.05) is 13.1 Å². The van der Waals surface area contributed by atoms with Gasteiger partial charge in [0.15, 0.2) is 0 Å². The van der Waals surface area contributed by atoms with Crippen molar-refractivity contribution in [1.29, 1.82) is 0 Å². The van der Waals surface area contributed by atoms with Gasteiger partial charge < -0.3 is 10.6 Å². The van der Waals surface area contributed by atoms with Crippen LogP contribution in [0.3, 0.4) is 0 Å². The lowest BCUT2D eigenvalue weighted by molar-refractivity contribution is 0.0948. The zero-order valence-electron chi connectivity index (χ0n) is 12.5. The number of hydrogen-bond donors (Lipinski definition) is 2. The summed E-state index contributed by atoms with van der Waals surface area (Å²) in [5, 5.41) is 6.54. The Morgan fingerprint density at radius 3 is 2.95 bits per heavy atom. The summed E-state index contributed by atoms with van der Waals surface area (Å²) >= 11 is 3.42. The number of hydrogen-bond acceptors (Lipinski definition) is 2. The van der Waals surface area contributed by atoms with Gasteiger partial charge in [0.2, 0.25) is 0 Å². The molecule has 2 N–H and O–H groups in total. The smallest absolute Gasteiger partial charge is 0.251 e. The van der Waals surface area contributed by atoms with E-state index in [1.807, 2.05) is 25.1 Å². The standard InChI is InChI=1S/C18H19BrN2O/c1-12-10-14(19)6-7-15(12)18(22)21-11-17-16-5-3-2-4-13(16)8-9-20-17/h2-7,10,17,20H,8-9,11H2,1H3,(H,21,22). The highest BCUT2D eigenvalue weighted by molar-refractivity contribution is 9.10. The van der Waals surface area contributed by atoms with Crippen LogP contribution < -0.4 is 10.6 Å². The van der Waals surface area contributed by atoms with Gasteiger partial charge in [-0.05, 0) is 54.8 Å². The normalized spacial score (nSPS) is 16.9. The Labute approximate surface area is 139 Å². The van der Waals surface area contributed by atoms with E-state index in [4.69, 9.17) is 0 Å². The first-order chi connectivity index (χ1) is 10.6. The van der Waals surface area contributed by atoms with Crippen LogP contribution in [0.5, 0.6) is 0 Å². The van der Waals surface area contributed by atoms with E-state index in [0.29, 0.717) is 6.54 Å². The number of fused-ring (bicyclic) bond motifs is 1. The quantitative estimate of drug-likeness (QED) is 0.882. The maximum Gasteiger partial charge on any atom is 0.251 e. The molecule has 3 nitrogen and oxygen atoms in total. The fourth-order valence-corrected chi connectivity index (χ4v) is 3.42. The van der Waals surface area contributed by atoms with E-state index in [-0.39, 0.29) is 11.9 Å². The predicted molar refractivity (Wildman–Crippen MR) is 92.1 cm³/mol. The van der Waals surface area contributed by atoms with Crippen molar-refractivity contribution in [3.8, 4) is 0 Å². The summed E-state index contributed by atoms with van der Waals surface area (Å²) in [4.78, 5) is 12.4. The van der Waals surface area contributed by atoms with E-state index in [2.05, 4.69) is 50.8 Å². The average Bonchev–Trinajstić information content (AvgIpc) is 2.52. The summed E-state index contributed by atoms with van der Waals surface area (Å²) in [6.07, 6.45) is 1.05. The number of rotatable bonds is 3. The van der Waals surface area contributed by atoms with Crippen molar-refractivity contribution in [3.05, 3.63) is 69.2 Å². The van der Waals surface area contributed by atoms with Crippen molar-refractivity contribution >= 4 is 21.8 Å². The SMILES string of the molecule is Cc1cc(Br)ccc1C(=O)NCC1NCCc2ccccc21. The molecule has 2 aromatic carbocycles. The van der Waals surface area contributed by atoms with E-state index in [1.54, 1.807) is 0 Å². The first kappa shape index (κ1) is 15.3. The molecule has 0 fully saturated rings. The van der Waals surface area contributed by atoms with Crippen LogP contribution in [0.15, 0.2) is 46.9 Å². The summed E-state index contributed by atoms with van der Waals surface area (Å²) in [5.41, 5.74) is 4.37. The molecule has 1 heterocycles. The molecular formula is C18H19BrN2O. The Balaban J connectivity index is 1.69. The van der Waals surface area contributed by atoms with Crippen LogP contribution in [0.4, 0.5) is 0 Å². The van der Waals surface area contributed by atoms with Crippen molar-refractivity contribution in [3.63, 3.8) is 0 Å². The molecule has 3 rings (SSSR count). The van der Waals surface area contributed by atoms with Crippen molar-refractivity contribution < 1.29 is 4.79 Å². The molecule has 0 saturated heterocycles. The molecule has 0 aliphatic carbocycles. The summed E-state index contributed by atoms with van der Waals surface area (Å²) in [6, 6.07) is 14.3. The summed E-state index contributed by atoms with van der Waals surface area (Å²) in [5.74, 6) is -0.0187. The summed E-state index contributed by atoms with van der Waals surface area (Å²) < 4.78 is 0.990. The van der Waals surface area contributed by atoms with Gasteiger partial charge in [-0.25, -0.2) is 0 Å². The second-order valence-corrected chi connectivity index (χ2v) is 6.54. The van der Waals surface area contributed by atoms with Gasteiger partial charge in [-0.3, -0.25) is 4.79 Å². The number of carbonyl (C=O) groups is 1. The molecule has 0 radical (unpaired) electrons. The van der Waals surface area contributed by atoms with Crippen LogP contribution in [0.2, 0.25) is 0 Å². The third-order valence-corrected chi connectivity index (χ3v) is 4.61. The van der Waals surface area contributed by atoms with E-state index >= 15 is 0 Å². The van der Waals surface area contributed by atoms with Gasteiger partial charge in [-0.2, -0.15) is 0 Å². The zero-order chi connectivity index (χ0) is 15.5. The maximum absolute atomic E-state index is 12.4. The third-order valence-electron chi connectivity index (χ3n) is 4.12. The fraction of sp³-hybridized carbons (Fsp3) is 0.278. The Hall–Kier alpha value is -1.65. The largest absolute Gasteiger partial charge is 0.350 e. The van der Waals surface area contributed by atoms with Crippen LogP contribution in [0.1, 0.15) is 33.1 Å². The lowest BCUT2D eigenvalue weighted by Crippen LogP contribution is -2.39. The molecule has 0 saturated carbocycles. The first-order valence-corrected chi connectivity index (χ1v) is 8.30. The number of nitrogens with one attached hydrogen (secondary N) is 2. The maximum atomic E-state index is 12.4. The highest BCUT2D eigenvalue weighted by atomic mass is 79.9. The van der Waals surface area contributed by atoms with E-state index < -0.39 is 0 Å². The van der Waals surface area contributed by atoms with Gasteiger partial charge in [0, 0.05) is 22.6 Å². The molecule has 0 bridgehead atoms. The van der Waals surface area contributed by atoms with Crippen molar-refractivity contribution in [2.45, 2.75) is 19.4 Å². The Morgan fingerprint density at radius 1 is 1.32 bits per heavy atom. The van der Waals surface area contributed by atoms with Crippen LogP contribution in [-0.4, -0.2) is 19.0 Å². The Bertz CT molecular complexity index is 699. The molecule has 4 heteroatoms. The van der Waals surface area contributed by atoms with Gasteiger partial charge >= 0.3 is 0 Å². The molecule has 1 unspecified atom stereocenters. The Morgan fingerprint density at radius 2 is 2.14 bits per heavy atom. The van der Waals surface area contributed by atoms with E-state index in [0.717, 1.165) is 28.6 Å². The van der Waals surface area contributed by atoms with Gasteiger partial charge in [0.25, 0.3) is 5.91 Å². The predicted octanol–water partition coefficient (Wildman–Crippen LogP) is 3.37. The number of benzene rings is 2. The monoisotopic (exact) mass is 358 g/mol. The van der Waals surface area contributed by atoms with Crippen LogP contribution in [0, 0.1) is 6.92 Å². The lowest BCUT2D eigenvalue weighted by Gasteiger charge is -2.27. The minimum atomic E-state index is -0.0187. The van der Waals surface area contributed by atoms with Gasteiger partial charge in [-0.1, -0.05) is 40.2 Å². The number of aryl methyl sites for hydroxylation is 1. The van der Waals surface area contributed by atoms with Crippen molar-refractivity contribution in [1.82, 2.24) is 10.6 Å². The zero-order valence-corrected chi connectivity index (χ0v) is 14.1. The number of amides is 1. The second kappa shape index (κ2) is 6.63. The molecule has 1 aliphatic rings. The summed E-state index contributed by atoms with van der Waals surface area (Å²) in [6.45, 7) is 3.51. The fourth-order valence-electron chi connectivity index (χ4n) is 2.95. The van der Waals surface area contributed by atoms with Crippen LogP contribution in [-0.2, 0) is 6.42 Å². The average molecular weight is 359 g/mol. The first-order valence-electron chi connectivity index (χ1n) is 7.50. The molecule has 22 heavy (non-hydrogen) atoms. The lowest BCUT2D eigenvalue weighted by atomic mass is 9.94.